The van der Waals surface area contributed by atoms with E-state index in [0.717, 1.165) is 42.6 Å². The average molecular weight is 455 g/mol. The third-order valence-corrected chi connectivity index (χ3v) is 6.21. The first-order chi connectivity index (χ1) is 15.9. The number of carbonyl (C=O) groups excluding carboxylic acids is 2. The van der Waals surface area contributed by atoms with E-state index < -0.39 is 6.04 Å². The summed E-state index contributed by atoms with van der Waals surface area (Å²) in [5.41, 5.74) is 1.95. The number of hydrogen-bond acceptors (Lipinski definition) is 3. The lowest BCUT2D eigenvalue weighted by molar-refractivity contribution is -0.141. The Balaban J connectivity index is 1.59. The van der Waals surface area contributed by atoms with Gasteiger partial charge in [-0.1, -0.05) is 49.1 Å². The van der Waals surface area contributed by atoms with Crippen LogP contribution in [0.3, 0.4) is 0 Å². The SMILES string of the molecule is Cc1ccc(OCCCC(=O)N(Cc2ccc(F)cc2)C(C)C(=O)NC2CCCCC2)cc1. The first-order valence-electron chi connectivity index (χ1n) is 12.0. The molecule has 178 valence electrons. The number of hydrogen-bond donors (Lipinski definition) is 1. The van der Waals surface area contributed by atoms with Gasteiger partial charge in [0.15, 0.2) is 0 Å². The highest BCUT2D eigenvalue weighted by atomic mass is 19.1. The number of benzene rings is 2. The standard InChI is InChI=1S/C27H35FN2O3/c1-20-10-16-25(17-11-20)33-18-6-9-26(31)30(19-22-12-14-23(28)15-13-22)21(2)27(32)29-24-7-4-3-5-8-24/h10-17,21,24H,3-9,18-19H2,1-2H3,(H,29,32). The Hall–Kier alpha value is -2.89. The van der Waals surface area contributed by atoms with Gasteiger partial charge in [0.1, 0.15) is 17.6 Å². The van der Waals surface area contributed by atoms with Crippen LogP contribution in [0.4, 0.5) is 4.39 Å². The molecular formula is C27H35FN2O3. The minimum absolute atomic E-state index is 0.113. The number of aryl methyl sites for hydroxylation is 1. The summed E-state index contributed by atoms with van der Waals surface area (Å²) in [7, 11) is 0. The predicted octanol–water partition coefficient (Wildman–Crippen LogP) is 5.16. The summed E-state index contributed by atoms with van der Waals surface area (Å²) in [5.74, 6) is 0.204. The van der Waals surface area contributed by atoms with Crippen LogP contribution in [0.1, 0.15) is 63.0 Å². The van der Waals surface area contributed by atoms with Crippen LogP contribution in [-0.2, 0) is 16.1 Å². The van der Waals surface area contributed by atoms with E-state index in [-0.39, 0.29) is 36.6 Å². The zero-order valence-electron chi connectivity index (χ0n) is 19.7. The monoisotopic (exact) mass is 454 g/mol. The quantitative estimate of drug-likeness (QED) is 0.505. The zero-order valence-corrected chi connectivity index (χ0v) is 19.7. The van der Waals surface area contributed by atoms with Crippen LogP contribution in [0.2, 0.25) is 0 Å². The highest BCUT2D eigenvalue weighted by molar-refractivity contribution is 5.87. The lowest BCUT2D eigenvalue weighted by Gasteiger charge is -2.31. The number of halogens is 1. The fourth-order valence-electron chi connectivity index (χ4n) is 4.13. The Bertz CT molecular complexity index is 893. The lowest BCUT2D eigenvalue weighted by atomic mass is 9.95. The largest absolute Gasteiger partial charge is 0.494 e. The Morgan fingerprint density at radius 3 is 2.39 bits per heavy atom. The maximum atomic E-state index is 13.3. The van der Waals surface area contributed by atoms with E-state index in [1.54, 1.807) is 24.0 Å². The van der Waals surface area contributed by atoms with Gasteiger partial charge in [0.05, 0.1) is 6.61 Å². The maximum Gasteiger partial charge on any atom is 0.242 e. The summed E-state index contributed by atoms with van der Waals surface area (Å²) in [6.07, 6.45) is 6.25. The molecule has 2 aromatic carbocycles. The van der Waals surface area contributed by atoms with Crippen molar-refractivity contribution in [2.75, 3.05) is 6.61 Å². The van der Waals surface area contributed by atoms with Gasteiger partial charge in [-0.25, -0.2) is 4.39 Å². The Labute approximate surface area is 196 Å². The molecule has 6 heteroatoms. The molecule has 1 N–H and O–H groups in total. The summed E-state index contributed by atoms with van der Waals surface area (Å²) in [4.78, 5) is 27.7. The average Bonchev–Trinajstić information content (AvgIpc) is 2.82. The van der Waals surface area contributed by atoms with Crippen molar-refractivity contribution in [1.82, 2.24) is 10.2 Å². The van der Waals surface area contributed by atoms with Gasteiger partial charge in [-0.15, -0.1) is 0 Å². The second-order valence-corrected chi connectivity index (χ2v) is 8.93. The van der Waals surface area contributed by atoms with Crippen LogP contribution in [-0.4, -0.2) is 35.4 Å². The number of rotatable bonds is 10. The number of nitrogens with one attached hydrogen (secondary N) is 1. The highest BCUT2D eigenvalue weighted by Crippen LogP contribution is 2.19. The molecule has 0 bridgehead atoms. The van der Waals surface area contributed by atoms with Gasteiger partial charge < -0.3 is 15.0 Å². The molecule has 1 aliphatic rings. The predicted molar refractivity (Wildman–Crippen MR) is 127 cm³/mol. The fraction of sp³-hybridized carbons (Fsp3) is 0.481. The van der Waals surface area contributed by atoms with Crippen molar-refractivity contribution in [3.63, 3.8) is 0 Å². The third-order valence-electron chi connectivity index (χ3n) is 6.21. The van der Waals surface area contributed by atoms with E-state index in [1.165, 1.54) is 18.6 Å². The van der Waals surface area contributed by atoms with Gasteiger partial charge in [0.2, 0.25) is 11.8 Å². The lowest BCUT2D eigenvalue weighted by Crippen LogP contribution is -2.50. The molecule has 1 saturated carbocycles. The first kappa shape index (κ1) is 24.7. The van der Waals surface area contributed by atoms with E-state index >= 15 is 0 Å². The van der Waals surface area contributed by atoms with Crippen molar-refractivity contribution in [3.8, 4) is 5.75 Å². The molecule has 0 saturated heterocycles. The van der Waals surface area contributed by atoms with Crippen LogP contribution in [0, 0.1) is 12.7 Å². The molecule has 2 amide bonds. The number of nitrogens with zero attached hydrogens (tertiary/aromatic N) is 1. The molecule has 0 aliphatic heterocycles. The summed E-state index contributed by atoms with van der Waals surface area (Å²) in [5, 5.41) is 3.12. The van der Waals surface area contributed by atoms with Crippen molar-refractivity contribution in [3.05, 3.63) is 65.5 Å². The van der Waals surface area contributed by atoms with E-state index in [4.69, 9.17) is 4.74 Å². The van der Waals surface area contributed by atoms with Gasteiger partial charge in [0, 0.05) is 19.0 Å². The summed E-state index contributed by atoms with van der Waals surface area (Å²) < 4.78 is 19.1. The van der Waals surface area contributed by atoms with E-state index in [9.17, 15) is 14.0 Å². The molecule has 1 unspecified atom stereocenters. The van der Waals surface area contributed by atoms with Crippen molar-refractivity contribution < 1.29 is 18.7 Å². The van der Waals surface area contributed by atoms with Gasteiger partial charge >= 0.3 is 0 Å². The van der Waals surface area contributed by atoms with Gasteiger partial charge in [-0.2, -0.15) is 0 Å². The third kappa shape index (κ3) is 7.88. The van der Waals surface area contributed by atoms with Crippen molar-refractivity contribution >= 4 is 11.8 Å². The second kappa shape index (κ2) is 12.4. The molecule has 33 heavy (non-hydrogen) atoms. The second-order valence-electron chi connectivity index (χ2n) is 8.93. The van der Waals surface area contributed by atoms with Crippen LogP contribution in [0.5, 0.6) is 5.75 Å². The molecule has 2 aromatic rings. The zero-order chi connectivity index (χ0) is 23.6. The van der Waals surface area contributed by atoms with Crippen LogP contribution >= 0.6 is 0 Å². The topological polar surface area (TPSA) is 58.6 Å². The van der Waals surface area contributed by atoms with E-state index in [2.05, 4.69) is 5.32 Å². The molecule has 5 nitrogen and oxygen atoms in total. The van der Waals surface area contributed by atoms with Crippen LogP contribution in [0.15, 0.2) is 48.5 Å². The minimum Gasteiger partial charge on any atom is -0.494 e. The highest BCUT2D eigenvalue weighted by Gasteiger charge is 2.27. The van der Waals surface area contributed by atoms with Gasteiger partial charge in [-0.05, 0) is 62.9 Å². The molecule has 0 heterocycles. The summed E-state index contributed by atoms with van der Waals surface area (Å²) in [6, 6.07) is 13.4. The smallest absolute Gasteiger partial charge is 0.242 e. The maximum absolute atomic E-state index is 13.3. The molecule has 0 radical (unpaired) electrons. The molecule has 1 fully saturated rings. The molecule has 1 aliphatic carbocycles. The molecule has 0 spiro atoms. The molecule has 3 rings (SSSR count). The summed E-state index contributed by atoms with van der Waals surface area (Å²) >= 11 is 0. The van der Waals surface area contributed by atoms with Crippen molar-refractivity contribution in [1.29, 1.82) is 0 Å². The Morgan fingerprint density at radius 2 is 1.73 bits per heavy atom. The van der Waals surface area contributed by atoms with E-state index in [1.807, 2.05) is 31.2 Å². The fourth-order valence-corrected chi connectivity index (χ4v) is 4.13. The van der Waals surface area contributed by atoms with E-state index in [0.29, 0.717) is 13.0 Å². The molecule has 0 aromatic heterocycles. The van der Waals surface area contributed by atoms with Crippen LogP contribution in [0.25, 0.3) is 0 Å². The van der Waals surface area contributed by atoms with Gasteiger partial charge in [0.25, 0.3) is 0 Å². The summed E-state index contributed by atoms with van der Waals surface area (Å²) in [6.45, 7) is 4.46. The van der Waals surface area contributed by atoms with Crippen molar-refractivity contribution in [2.45, 2.75) is 77.4 Å². The van der Waals surface area contributed by atoms with Crippen molar-refractivity contribution in [2.24, 2.45) is 0 Å². The Morgan fingerprint density at radius 1 is 1.06 bits per heavy atom. The molecular weight excluding hydrogens is 419 g/mol. The number of ether oxygens (including phenoxy) is 1. The molecule has 1 atom stereocenters. The number of carbonyl (C=O) groups is 2. The number of amides is 2. The normalized spacial score (nSPS) is 15.0. The first-order valence-corrected chi connectivity index (χ1v) is 12.0. The van der Waals surface area contributed by atoms with Crippen LogP contribution < -0.4 is 10.1 Å². The Kier molecular flexibility index (Phi) is 9.28. The van der Waals surface area contributed by atoms with Gasteiger partial charge in [-0.3, -0.25) is 9.59 Å². The minimum atomic E-state index is -0.609.